The van der Waals surface area contributed by atoms with Gasteiger partial charge in [0.1, 0.15) is 29.6 Å². The van der Waals surface area contributed by atoms with E-state index in [1.54, 1.807) is 6.20 Å². The van der Waals surface area contributed by atoms with Crippen LogP contribution in [0.4, 0.5) is 10.2 Å². The molecule has 2 aromatic carbocycles. The van der Waals surface area contributed by atoms with Crippen LogP contribution in [0.25, 0.3) is 32.9 Å². The van der Waals surface area contributed by atoms with E-state index in [-0.39, 0.29) is 52.6 Å². The summed E-state index contributed by atoms with van der Waals surface area (Å²) in [5.74, 6) is 1.90. The SMILES string of the molecule is C#Cc1cccc2cccc(-c3ncc4c(N5CC6CCC(C5)N6C(=O)[C@H]5OC(=O)[C@H]5C(C)C)nc(OCC56CCCN5CCC6)nc4c3F)c12. The van der Waals surface area contributed by atoms with Gasteiger partial charge in [-0.1, -0.05) is 50.1 Å². The van der Waals surface area contributed by atoms with Crippen LogP contribution in [0.2, 0.25) is 0 Å². The second kappa shape index (κ2) is 12.2. The Balaban J connectivity index is 1.10. The van der Waals surface area contributed by atoms with Crippen molar-refractivity contribution in [1.82, 2.24) is 24.8 Å². The van der Waals surface area contributed by atoms with E-state index in [1.807, 2.05) is 55.1 Å². The molecule has 2 aromatic heterocycles. The Morgan fingerprint density at radius 3 is 2.51 bits per heavy atom. The Labute approximate surface area is 296 Å². The lowest BCUT2D eigenvalue weighted by Gasteiger charge is -2.45. The molecule has 2 bridgehead atoms. The first-order valence-corrected chi connectivity index (χ1v) is 18.3. The van der Waals surface area contributed by atoms with E-state index in [2.05, 4.69) is 15.7 Å². The van der Waals surface area contributed by atoms with Crippen molar-refractivity contribution in [3.8, 4) is 29.6 Å². The number of rotatable bonds is 7. The third kappa shape index (κ3) is 5.05. The molecule has 1 amide bonds. The second-order valence-electron chi connectivity index (χ2n) is 15.2. The highest BCUT2D eigenvalue weighted by Crippen LogP contribution is 2.42. The molecule has 11 heteroatoms. The molecule has 0 aliphatic carbocycles. The van der Waals surface area contributed by atoms with Crippen molar-refractivity contribution < 1.29 is 23.5 Å². The monoisotopic (exact) mass is 688 g/mol. The first kappa shape index (κ1) is 32.1. The number of anilines is 1. The van der Waals surface area contributed by atoms with Gasteiger partial charge in [-0.05, 0) is 69.0 Å². The normalized spacial score (nSPS) is 25.3. The number of aromatic nitrogens is 3. The first-order chi connectivity index (χ1) is 24.8. The number of carbonyl (C=O) groups excluding carboxylic acids is 2. The summed E-state index contributed by atoms with van der Waals surface area (Å²) < 4.78 is 28.9. The van der Waals surface area contributed by atoms with Crippen molar-refractivity contribution in [3.05, 3.63) is 54.0 Å². The number of pyridine rings is 1. The molecule has 5 aliphatic rings. The first-order valence-electron chi connectivity index (χ1n) is 18.3. The molecule has 4 aromatic rings. The molecule has 51 heavy (non-hydrogen) atoms. The van der Waals surface area contributed by atoms with E-state index in [0.29, 0.717) is 42.0 Å². The number of esters is 1. The minimum atomic E-state index is -0.738. The number of terminal acetylenes is 1. The van der Waals surface area contributed by atoms with Gasteiger partial charge in [-0.15, -0.1) is 6.42 Å². The van der Waals surface area contributed by atoms with E-state index in [9.17, 15) is 9.59 Å². The number of carbonyl (C=O) groups is 2. The van der Waals surface area contributed by atoms with Gasteiger partial charge in [0.15, 0.2) is 11.9 Å². The van der Waals surface area contributed by atoms with Crippen LogP contribution in [-0.2, 0) is 14.3 Å². The number of halogens is 1. The maximum atomic E-state index is 17.0. The number of ether oxygens (including phenoxy) is 2. The van der Waals surface area contributed by atoms with Gasteiger partial charge in [0.25, 0.3) is 5.91 Å². The Morgan fingerprint density at radius 2 is 1.82 bits per heavy atom. The average molecular weight is 689 g/mol. The zero-order chi connectivity index (χ0) is 35.0. The summed E-state index contributed by atoms with van der Waals surface area (Å²) in [4.78, 5) is 46.9. The van der Waals surface area contributed by atoms with Crippen molar-refractivity contribution in [2.45, 2.75) is 76.1 Å². The fourth-order valence-corrected chi connectivity index (χ4v) is 9.57. The van der Waals surface area contributed by atoms with Crippen LogP contribution in [0.3, 0.4) is 0 Å². The molecule has 262 valence electrons. The topological polar surface area (TPSA) is 101 Å². The van der Waals surface area contributed by atoms with E-state index in [0.717, 1.165) is 62.4 Å². The summed E-state index contributed by atoms with van der Waals surface area (Å²) in [6.07, 6.45) is 12.8. The Kier molecular flexibility index (Phi) is 7.65. The highest BCUT2D eigenvalue weighted by atomic mass is 19.1. The number of hydrogen-bond donors (Lipinski definition) is 0. The number of piperazine rings is 1. The highest BCUT2D eigenvalue weighted by molar-refractivity contribution is 6.02. The standard InChI is InChI=1S/C40H41FN6O4/c1-4-24-9-5-10-25-11-6-12-28(31(24)25)33-32(41)34-29(19-42-33)36(44-39(43-34)50-22-40-15-7-17-46(40)18-8-16-40)45-20-26-13-14-27(21-45)47(26)37(48)35-30(23(2)3)38(49)51-35/h1,5-6,9-12,19,23,26-27,30,35H,7-8,13-18,20-22H2,2-3H3/t26?,27?,30-,35-/m0/s1. The smallest absolute Gasteiger partial charge is 0.319 e. The molecule has 0 N–H and O–H groups in total. The lowest BCUT2D eigenvalue weighted by molar-refractivity contribution is -0.197. The molecular formula is C40H41FN6O4. The van der Waals surface area contributed by atoms with E-state index in [1.165, 1.54) is 0 Å². The molecule has 0 spiro atoms. The van der Waals surface area contributed by atoms with Gasteiger partial charge in [0.2, 0.25) is 0 Å². The summed E-state index contributed by atoms with van der Waals surface area (Å²) in [5.41, 5.74) is 1.50. The fraction of sp³-hybridized carbons (Fsp3) is 0.475. The summed E-state index contributed by atoms with van der Waals surface area (Å²) in [7, 11) is 0. The zero-order valence-corrected chi connectivity index (χ0v) is 29.0. The minimum absolute atomic E-state index is 0.0179. The number of cyclic esters (lactones) is 1. The predicted octanol–water partition coefficient (Wildman–Crippen LogP) is 5.35. The molecule has 9 rings (SSSR count). The van der Waals surface area contributed by atoms with E-state index in [4.69, 9.17) is 30.8 Å². The van der Waals surface area contributed by atoms with Crippen LogP contribution in [0.5, 0.6) is 6.01 Å². The predicted molar refractivity (Wildman–Crippen MR) is 191 cm³/mol. The quantitative estimate of drug-likeness (QED) is 0.188. The largest absolute Gasteiger partial charge is 0.461 e. The maximum absolute atomic E-state index is 17.0. The summed E-state index contributed by atoms with van der Waals surface area (Å²) in [5, 5.41) is 2.14. The van der Waals surface area contributed by atoms with Gasteiger partial charge in [-0.3, -0.25) is 19.5 Å². The van der Waals surface area contributed by atoms with E-state index >= 15 is 4.39 Å². The van der Waals surface area contributed by atoms with Gasteiger partial charge in [0.05, 0.1) is 10.9 Å². The van der Waals surface area contributed by atoms with Gasteiger partial charge in [0, 0.05) is 47.9 Å². The Bertz CT molecular complexity index is 2100. The number of nitrogens with zero attached hydrogens (tertiary/aromatic N) is 6. The maximum Gasteiger partial charge on any atom is 0.319 e. The molecule has 7 heterocycles. The van der Waals surface area contributed by atoms with Gasteiger partial charge in [-0.2, -0.15) is 9.97 Å². The van der Waals surface area contributed by atoms with Crippen LogP contribution in [0.1, 0.15) is 57.9 Å². The zero-order valence-electron chi connectivity index (χ0n) is 29.0. The molecule has 0 saturated carbocycles. The van der Waals surface area contributed by atoms with Crippen molar-refractivity contribution in [1.29, 1.82) is 0 Å². The van der Waals surface area contributed by atoms with E-state index < -0.39 is 17.8 Å². The third-order valence-electron chi connectivity index (χ3n) is 12.1. The molecule has 5 saturated heterocycles. The molecule has 4 atom stereocenters. The van der Waals surface area contributed by atoms with Crippen molar-refractivity contribution in [2.24, 2.45) is 11.8 Å². The summed E-state index contributed by atoms with van der Waals surface area (Å²) in [6, 6.07) is 11.3. The Morgan fingerprint density at radius 1 is 1.10 bits per heavy atom. The average Bonchev–Trinajstić information content (AvgIpc) is 3.79. The number of benzene rings is 2. The van der Waals surface area contributed by atoms with Crippen molar-refractivity contribution in [2.75, 3.05) is 37.7 Å². The number of hydrogen-bond acceptors (Lipinski definition) is 9. The molecule has 5 fully saturated rings. The van der Waals surface area contributed by atoms with Crippen LogP contribution in [0.15, 0.2) is 42.6 Å². The van der Waals surface area contributed by atoms with Gasteiger partial charge >= 0.3 is 12.0 Å². The third-order valence-corrected chi connectivity index (χ3v) is 12.1. The molecule has 2 unspecified atom stereocenters. The highest BCUT2D eigenvalue weighted by Gasteiger charge is 2.54. The minimum Gasteiger partial charge on any atom is -0.461 e. The summed E-state index contributed by atoms with van der Waals surface area (Å²) >= 11 is 0. The van der Waals surface area contributed by atoms with Gasteiger partial charge < -0.3 is 19.3 Å². The van der Waals surface area contributed by atoms with Crippen LogP contribution < -0.4 is 9.64 Å². The van der Waals surface area contributed by atoms with Crippen molar-refractivity contribution in [3.63, 3.8) is 0 Å². The Hall–Kier alpha value is -4.82. The number of fused-ring (bicyclic) bond motifs is 5. The van der Waals surface area contributed by atoms with Crippen LogP contribution in [-0.4, -0.2) is 93.1 Å². The van der Waals surface area contributed by atoms with Crippen LogP contribution >= 0.6 is 0 Å². The summed E-state index contributed by atoms with van der Waals surface area (Å²) in [6.45, 7) is 7.45. The lowest BCUT2D eigenvalue weighted by Crippen LogP contribution is -2.63. The molecule has 10 nitrogen and oxygen atoms in total. The molecular weight excluding hydrogens is 647 g/mol. The lowest BCUT2D eigenvalue weighted by atomic mass is 9.85. The fourth-order valence-electron chi connectivity index (χ4n) is 9.57. The molecule has 5 aliphatic heterocycles. The van der Waals surface area contributed by atoms with Crippen LogP contribution in [0, 0.1) is 30.0 Å². The molecule has 0 radical (unpaired) electrons. The van der Waals surface area contributed by atoms with Gasteiger partial charge in [-0.25, -0.2) is 4.39 Å². The second-order valence-corrected chi connectivity index (χ2v) is 15.2. The number of amides is 1. The van der Waals surface area contributed by atoms with Crippen molar-refractivity contribution >= 4 is 39.4 Å².